The maximum atomic E-state index is 5.89. The summed E-state index contributed by atoms with van der Waals surface area (Å²) in [4.78, 5) is 8.16. The molecule has 1 heterocycles. The first-order chi connectivity index (χ1) is 7.77. The summed E-state index contributed by atoms with van der Waals surface area (Å²) in [5.74, 6) is 0.718. The van der Waals surface area contributed by atoms with Gasteiger partial charge in [-0.2, -0.15) is 0 Å². The number of nitrogens with two attached hydrogens (primary N) is 1. The van der Waals surface area contributed by atoms with Crippen molar-refractivity contribution in [1.82, 2.24) is 9.97 Å². The van der Waals surface area contributed by atoms with Crippen molar-refractivity contribution >= 4 is 11.5 Å². The van der Waals surface area contributed by atoms with Gasteiger partial charge in [-0.25, -0.2) is 4.98 Å². The molecule has 0 aliphatic rings. The fourth-order valence-electron chi connectivity index (χ4n) is 1.51. The first-order valence-electron chi connectivity index (χ1n) is 5.15. The lowest BCUT2D eigenvalue weighted by Gasteiger charge is -2.13. The lowest BCUT2D eigenvalue weighted by atomic mass is 10.1. The highest BCUT2D eigenvalue weighted by atomic mass is 15.0. The van der Waals surface area contributed by atoms with Crippen LogP contribution in [0, 0.1) is 0 Å². The third-order valence-corrected chi connectivity index (χ3v) is 2.28. The summed E-state index contributed by atoms with van der Waals surface area (Å²) in [5, 5.41) is 3.20. The van der Waals surface area contributed by atoms with E-state index in [1.807, 2.05) is 31.2 Å². The van der Waals surface area contributed by atoms with E-state index in [9.17, 15) is 0 Å². The van der Waals surface area contributed by atoms with E-state index in [-0.39, 0.29) is 6.04 Å². The molecule has 1 unspecified atom stereocenters. The van der Waals surface area contributed by atoms with Crippen LogP contribution >= 0.6 is 0 Å². The predicted molar refractivity (Wildman–Crippen MR) is 64.4 cm³/mol. The number of benzene rings is 1. The molecule has 0 saturated carbocycles. The Morgan fingerprint density at radius 1 is 1.25 bits per heavy atom. The first-order valence-corrected chi connectivity index (χ1v) is 5.15. The van der Waals surface area contributed by atoms with Gasteiger partial charge < -0.3 is 11.1 Å². The lowest BCUT2D eigenvalue weighted by Crippen LogP contribution is -2.08. The Labute approximate surface area is 94.5 Å². The smallest absolute Gasteiger partial charge is 0.148 e. The van der Waals surface area contributed by atoms with E-state index in [1.54, 1.807) is 18.6 Å². The molecule has 0 radical (unpaired) electrons. The zero-order chi connectivity index (χ0) is 11.4. The maximum Gasteiger partial charge on any atom is 0.148 e. The molecule has 1 aromatic carbocycles. The van der Waals surface area contributed by atoms with Crippen molar-refractivity contribution in [2.24, 2.45) is 5.73 Å². The minimum Gasteiger partial charge on any atom is -0.339 e. The normalized spacial score (nSPS) is 12.1. The third kappa shape index (κ3) is 2.35. The van der Waals surface area contributed by atoms with Gasteiger partial charge in [0.1, 0.15) is 5.82 Å². The molecule has 2 aromatic rings. The van der Waals surface area contributed by atoms with E-state index >= 15 is 0 Å². The second kappa shape index (κ2) is 4.72. The average molecular weight is 214 g/mol. The number of nitrogens with zero attached hydrogens (tertiary/aromatic N) is 2. The Morgan fingerprint density at radius 2 is 2.06 bits per heavy atom. The van der Waals surface area contributed by atoms with Crippen LogP contribution in [0.5, 0.6) is 0 Å². The van der Waals surface area contributed by atoms with Gasteiger partial charge in [-0.15, -0.1) is 0 Å². The van der Waals surface area contributed by atoms with Gasteiger partial charge in [0.2, 0.25) is 0 Å². The van der Waals surface area contributed by atoms with E-state index in [1.165, 1.54) is 0 Å². The van der Waals surface area contributed by atoms with Crippen molar-refractivity contribution in [2.75, 3.05) is 5.32 Å². The fourth-order valence-corrected chi connectivity index (χ4v) is 1.51. The molecule has 1 atom stereocenters. The van der Waals surface area contributed by atoms with Crippen LogP contribution in [0.4, 0.5) is 11.5 Å². The van der Waals surface area contributed by atoms with Crippen LogP contribution in [-0.4, -0.2) is 9.97 Å². The van der Waals surface area contributed by atoms with E-state index in [0.717, 1.165) is 17.1 Å². The molecular weight excluding hydrogens is 200 g/mol. The molecule has 3 N–H and O–H groups in total. The second-order valence-electron chi connectivity index (χ2n) is 3.59. The van der Waals surface area contributed by atoms with Crippen molar-refractivity contribution < 1.29 is 0 Å². The molecule has 16 heavy (non-hydrogen) atoms. The molecule has 0 bridgehead atoms. The van der Waals surface area contributed by atoms with E-state index < -0.39 is 0 Å². The van der Waals surface area contributed by atoms with E-state index in [2.05, 4.69) is 15.3 Å². The monoisotopic (exact) mass is 214 g/mol. The quantitative estimate of drug-likeness (QED) is 0.822. The van der Waals surface area contributed by atoms with Gasteiger partial charge in [0.25, 0.3) is 0 Å². The lowest BCUT2D eigenvalue weighted by molar-refractivity contribution is 0.820. The number of para-hydroxylation sites is 1. The second-order valence-corrected chi connectivity index (χ2v) is 3.59. The summed E-state index contributed by atoms with van der Waals surface area (Å²) in [6, 6.07) is 7.90. The number of nitrogens with one attached hydrogen (secondary N) is 1. The molecule has 4 heteroatoms. The molecule has 4 nitrogen and oxygen atoms in total. The van der Waals surface area contributed by atoms with Crippen molar-refractivity contribution in [3.63, 3.8) is 0 Å². The van der Waals surface area contributed by atoms with Crippen LogP contribution in [-0.2, 0) is 0 Å². The maximum absolute atomic E-state index is 5.89. The molecule has 1 aromatic heterocycles. The molecule has 0 amide bonds. The van der Waals surface area contributed by atoms with E-state index in [0.29, 0.717) is 0 Å². The van der Waals surface area contributed by atoms with Gasteiger partial charge in [0, 0.05) is 24.1 Å². The molecule has 0 aliphatic carbocycles. The molecule has 0 saturated heterocycles. The van der Waals surface area contributed by atoms with Gasteiger partial charge in [-0.05, 0) is 18.6 Å². The van der Waals surface area contributed by atoms with Crippen molar-refractivity contribution in [2.45, 2.75) is 13.0 Å². The van der Waals surface area contributed by atoms with Crippen molar-refractivity contribution in [1.29, 1.82) is 0 Å². The number of hydrogen-bond acceptors (Lipinski definition) is 4. The Morgan fingerprint density at radius 3 is 2.75 bits per heavy atom. The first kappa shape index (κ1) is 10.6. The molecule has 0 spiro atoms. The van der Waals surface area contributed by atoms with Crippen LogP contribution < -0.4 is 11.1 Å². The largest absolute Gasteiger partial charge is 0.339 e. The third-order valence-electron chi connectivity index (χ3n) is 2.28. The topological polar surface area (TPSA) is 63.8 Å². The molecular formula is C12H14N4. The Kier molecular flexibility index (Phi) is 3.12. The van der Waals surface area contributed by atoms with Crippen LogP contribution in [0.3, 0.4) is 0 Å². The Bertz CT molecular complexity index is 454. The van der Waals surface area contributed by atoms with Crippen LogP contribution in [0.1, 0.15) is 18.5 Å². The summed E-state index contributed by atoms with van der Waals surface area (Å²) in [7, 11) is 0. The van der Waals surface area contributed by atoms with Crippen molar-refractivity contribution in [3.05, 3.63) is 48.4 Å². The average Bonchev–Trinajstić information content (AvgIpc) is 2.31. The SMILES string of the molecule is CC(N)c1ccccc1Nc1cnccn1. The summed E-state index contributed by atoms with van der Waals surface area (Å²) in [6.07, 6.45) is 4.97. The summed E-state index contributed by atoms with van der Waals surface area (Å²) < 4.78 is 0. The van der Waals surface area contributed by atoms with Gasteiger partial charge in [-0.3, -0.25) is 4.98 Å². The zero-order valence-electron chi connectivity index (χ0n) is 9.09. The zero-order valence-corrected chi connectivity index (χ0v) is 9.09. The highest BCUT2D eigenvalue weighted by molar-refractivity contribution is 5.60. The van der Waals surface area contributed by atoms with Gasteiger partial charge in [0.05, 0.1) is 6.20 Å². The fraction of sp³-hybridized carbons (Fsp3) is 0.167. The van der Waals surface area contributed by atoms with Gasteiger partial charge in [-0.1, -0.05) is 18.2 Å². The number of hydrogen-bond donors (Lipinski definition) is 2. The van der Waals surface area contributed by atoms with Crippen LogP contribution in [0.25, 0.3) is 0 Å². The van der Waals surface area contributed by atoms with Crippen LogP contribution in [0.2, 0.25) is 0 Å². The number of anilines is 2. The number of rotatable bonds is 3. The Balaban J connectivity index is 2.28. The molecule has 0 fully saturated rings. The van der Waals surface area contributed by atoms with Crippen LogP contribution in [0.15, 0.2) is 42.9 Å². The molecule has 0 aliphatic heterocycles. The highest BCUT2D eigenvalue weighted by Crippen LogP contribution is 2.23. The highest BCUT2D eigenvalue weighted by Gasteiger charge is 2.06. The standard InChI is InChI=1S/C12H14N4/c1-9(13)10-4-2-3-5-11(10)16-12-8-14-6-7-15-12/h2-9H,13H2,1H3,(H,15,16). The summed E-state index contributed by atoms with van der Waals surface area (Å²) >= 11 is 0. The molecule has 2 rings (SSSR count). The summed E-state index contributed by atoms with van der Waals surface area (Å²) in [6.45, 7) is 1.96. The Hall–Kier alpha value is -1.94. The van der Waals surface area contributed by atoms with Crippen molar-refractivity contribution in [3.8, 4) is 0 Å². The minimum atomic E-state index is -0.0135. The van der Waals surface area contributed by atoms with Gasteiger partial charge >= 0.3 is 0 Å². The summed E-state index contributed by atoms with van der Waals surface area (Å²) in [5.41, 5.74) is 7.93. The van der Waals surface area contributed by atoms with Gasteiger partial charge in [0.15, 0.2) is 0 Å². The molecule has 82 valence electrons. The predicted octanol–water partition coefficient (Wildman–Crippen LogP) is 2.24. The van der Waals surface area contributed by atoms with E-state index in [4.69, 9.17) is 5.73 Å². The number of aromatic nitrogens is 2. The minimum absolute atomic E-state index is 0.0135.